The maximum absolute atomic E-state index is 13.9. The largest absolute Gasteiger partial charge is 0.497 e. The number of fused-ring (bicyclic) bond motifs is 1. The van der Waals surface area contributed by atoms with E-state index < -0.39 is 185 Å². The molecule has 13 N–H and O–H groups in total. The first-order valence-corrected chi connectivity index (χ1v) is 28.1. The molecule has 0 spiro atoms. The number of methoxy groups -OCH3 is 1. The van der Waals surface area contributed by atoms with E-state index in [0.29, 0.717) is 29.2 Å². The lowest BCUT2D eigenvalue weighted by molar-refractivity contribution is -0.393. The minimum absolute atomic E-state index is 0.0721. The second-order valence-corrected chi connectivity index (χ2v) is 21.6. The maximum atomic E-state index is 13.9. The minimum Gasteiger partial charge on any atom is -0.497 e. The number of amides is 9. The van der Waals surface area contributed by atoms with Crippen LogP contribution in [0, 0.1) is 32.1 Å². The summed E-state index contributed by atoms with van der Waals surface area (Å²) in [5.74, 6) is -14.0. The van der Waals surface area contributed by atoms with Crippen LogP contribution in [0.25, 0.3) is 11.0 Å². The Bertz CT molecular complexity index is 3330. The van der Waals surface area contributed by atoms with Gasteiger partial charge < -0.3 is 77.6 Å². The Labute approximate surface area is 519 Å². The molecule has 0 bridgehead atoms. The van der Waals surface area contributed by atoms with E-state index in [0.717, 1.165) is 19.1 Å². The van der Waals surface area contributed by atoms with Gasteiger partial charge in [-0.25, -0.2) is 9.59 Å². The highest BCUT2D eigenvalue weighted by Crippen LogP contribution is 2.29. The molecule has 7 atom stereocenters. The van der Waals surface area contributed by atoms with Gasteiger partial charge in [-0.2, -0.15) is 13.2 Å². The van der Waals surface area contributed by atoms with Gasteiger partial charge in [0.15, 0.2) is 0 Å². The number of halogens is 3. The van der Waals surface area contributed by atoms with Gasteiger partial charge in [-0.3, -0.25) is 73.0 Å². The van der Waals surface area contributed by atoms with Crippen LogP contribution >= 0.6 is 0 Å². The Morgan fingerprint density at radius 1 is 0.717 bits per heavy atom. The van der Waals surface area contributed by atoms with Crippen molar-refractivity contribution in [3.05, 3.63) is 78.7 Å². The average Bonchev–Trinajstić information content (AvgIpc) is 1.24. The summed E-state index contributed by atoms with van der Waals surface area (Å²) in [5.41, 5.74) is 3.67. The fraction of sp³-hybridized carbons (Fsp3) is 0.509. The van der Waals surface area contributed by atoms with E-state index in [4.69, 9.17) is 24.8 Å². The standard InChI is InChI=1S/C53H70N12O20.C2HF3O2/c1-26(2)18-36(61-53(79)39-8-7-17-63(39)43(67)20-29-21-46(72)85-41-23-31(84-6)10-11-32(29)41)49(75)56-25-42(66)58-37(19-27(3)4)52(78)60-35(14-16-45(70)71)51(77)59-34(13-15-44(68)69)50(76)57-28(5)48(74)62-38(47(54)73)24-55-33-12-9-30(64(80)81)22-40(33)65(82)83;3-2(4,5)1(6)7/h9-12,21-23,26-28,34-39,55H,7-8,13-20,24-25H2,1-6H3,(H2,54,73)(H,56,75)(H,57,76)(H,58,66)(H,59,77)(H,60,78)(H,61,79)(H,62,74)(H,68,69)(H,70,71);(H,6,7)/t28-,34-,35-,36-,37-,38-,39-;/m0./s1. The van der Waals surface area contributed by atoms with E-state index in [9.17, 15) is 101 Å². The lowest BCUT2D eigenvalue weighted by atomic mass is 10.0. The van der Waals surface area contributed by atoms with Crippen LogP contribution in [0.4, 0.5) is 30.2 Å². The average molecular weight is 1310 g/mol. The van der Waals surface area contributed by atoms with Gasteiger partial charge in [-0.1, -0.05) is 27.7 Å². The summed E-state index contributed by atoms with van der Waals surface area (Å²) < 4.78 is 42.3. The maximum Gasteiger partial charge on any atom is 0.490 e. The highest BCUT2D eigenvalue weighted by molar-refractivity contribution is 5.98. The number of anilines is 1. The van der Waals surface area contributed by atoms with E-state index >= 15 is 0 Å². The first-order valence-electron chi connectivity index (χ1n) is 28.1. The summed E-state index contributed by atoms with van der Waals surface area (Å²) in [7, 11) is 1.44. The van der Waals surface area contributed by atoms with Crippen molar-refractivity contribution in [1.29, 1.82) is 0 Å². The van der Waals surface area contributed by atoms with Crippen molar-refractivity contribution in [2.45, 2.75) is 141 Å². The quantitative estimate of drug-likeness (QED) is 0.0221. The van der Waals surface area contributed by atoms with Crippen LogP contribution < -0.4 is 58.6 Å². The number of nitrogens with zero attached hydrogens (tertiary/aromatic N) is 3. The molecule has 0 radical (unpaired) electrons. The third-order valence-electron chi connectivity index (χ3n) is 13.5. The monoisotopic (exact) mass is 1310 g/mol. The minimum atomic E-state index is -5.08. The zero-order valence-corrected chi connectivity index (χ0v) is 50.4. The summed E-state index contributed by atoms with van der Waals surface area (Å²) in [6, 6.07) is -1.72. The molecular formula is C55H71F3N12O22. The van der Waals surface area contributed by atoms with E-state index in [1.54, 1.807) is 39.8 Å². The predicted molar refractivity (Wildman–Crippen MR) is 312 cm³/mol. The number of nitrogens with two attached hydrogens (primary N) is 1. The van der Waals surface area contributed by atoms with Crippen LogP contribution in [0.2, 0.25) is 0 Å². The highest BCUT2D eigenvalue weighted by Gasteiger charge is 2.39. The number of ether oxygens (including phenoxy) is 1. The van der Waals surface area contributed by atoms with Crippen molar-refractivity contribution < 1.29 is 105 Å². The number of rotatable bonds is 33. The number of benzene rings is 2. The molecule has 1 saturated heterocycles. The molecule has 3 aromatic rings. The first-order chi connectivity index (χ1) is 42.9. The molecule has 1 fully saturated rings. The number of primary amides is 1. The number of hydrogen-bond donors (Lipinski definition) is 12. The van der Waals surface area contributed by atoms with Crippen molar-refractivity contribution in [1.82, 2.24) is 42.1 Å². The van der Waals surface area contributed by atoms with Crippen LogP contribution in [0.1, 0.15) is 91.5 Å². The Hall–Kier alpha value is -10.5. The van der Waals surface area contributed by atoms with Crippen LogP contribution in [0.15, 0.2) is 51.7 Å². The summed E-state index contributed by atoms with van der Waals surface area (Å²) in [4.78, 5) is 189. The second kappa shape index (κ2) is 35.0. The van der Waals surface area contributed by atoms with Crippen molar-refractivity contribution >= 4 is 99.1 Å². The Balaban J connectivity index is 0.00000297. The number of carbonyl (C=O) groups is 12. The highest BCUT2D eigenvalue weighted by atomic mass is 19.4. The van der Waals surface area contributed by atoms with Crippen molar-refractivity contribution in [2.75, 3.05) is 32.1 Å². The Morgan fingerprint density at radius 3 is 1.77 bits per heavy atom. The fourth-order valence-electron chi connectivity index (χ4n) is 8.96. The molecule has 2 heterocycles. The van der Waals surface area contributed by atoms with Gasteiger partial charge in [0.05, 0.1) is 36.0 Å². The van der Waals surface area contributed by atoms with Gasteiger partial charge in [0.25, 0.3) is 11.4 Å². The molecule has 2 aromatic carbocycles. The number of carboxylic acids is 3. The number of likely N-dealkylation sites (tertiary alicyclic amines) is 1. The zero-order valence-electron chi connectivity index (χ0n) is 50.4. The molecule has 0 saturated carbocycles. The van der Waals surface area contributed by atoms with Gasteiger partial charge in [-0.05, 0) is 81.0 Å². The number of hydrogen-bond acceptors (Lipinski definition) is 20. The topological polar surface area (TPSA) is 517 Å². The summed E-state index contributed by atoms with van der Waals surface area (Å²) in [6.45, 7) is 6.97. The lowest BCUT2D eigenvalue weighted by Crippen LogP contribution is -2.59. The van der Waals surface area contributed by atoms with Crippen LogP contribution in [-0.4, -0.2) is 176 Å². The molecule has 1 aliphatic heterocycles. The normalized spacial score (nSPS) is 14.7. The van der Waals surface area contributed by atoms with Crippen molar-refractivity contribution in [2.24, 2.45) is 17.6 Å². The molecule has 9 amide bonds. The Morgan fingerprint density at radius 2 is 1.26 bits per heavy atom. The number of nitro benzene ring substituents is 2. The molecule has 1 aliphatic rings. The smallest absolute Gasteiger partial charge is 0.490 e. The van der Waals surface area contributed by atoms with Crippen LogP contribution in [0.3, 0.4) is 0 Å². The molecule has 1 aromatic heterocycles. The van der Waals surface area contributed by atoms with Gasteiger partial charge >= 0.3 is 29.7 Å². The van der Waals surface area contributed by atoms with Crippen molar-refractivity contribution in [3.63, 3.8) is 0 Å². The third-order valence-corrected chi connectivity index (χ3v) is 13.5. The van der Waals surface area contributed by atoms with Crippen molar-refractivity contribution in [3.8, 4) is 5.75 Å². The number of non-ortho nitro benzene ring substituents is 1. The number of carboxylic acid groups (broad SMARTS) is 3. The molecule has 504 valence electrons. The SMILES string of the molecule is COc1ccc2c(CC(=O)N3CCC[C@H]3C(=O)N[C@@H](CC(C)C)C(=O)NCC(=O)N[C@@H](CC(C)C)C(=O)N[C@@H](CCC(=O)O)C(=O)N[C@@H](CCC(=O)O)C(=O)N[C@@H](C)C(=O)N[C@@H](CNc3ccc([N+](=O)[O-])cc3[N+](=O)[O-])C(N)=O)cc(=O)oc2c1.O=C(O)C(F)(F)F. The number of carbonyl (C=O) groups excluding carboxylic acids is 9. The molecule has 4 rings (SSSR count). The molecule has 37 heteroatoms. The van der Waals surface area contributed by atoms with Crippen LogP contribution in [0.5, 0.6) is 5.75 Å². The summed E-state index contributed by atoms with van der Waals surface area (Å²) in [5, 5.41) is 68.6. The molecule has 34 nitrogen and oxygen atoms in total. The van der Waals surface area contributed by atoms with E-state index in [2.05, 4.69) is 42.5 Å². The number of alkyl halides is 3. The van der Waals surface area contributed by atoms with E-state index in [1.807, 2.05) is 0 Å². The van der Waals surface area contributed by atoms with Gasteiger partial charge in [-0.15, -0.1) is 0 Å². The third kappa shape index (κ3) is 24.5. The van der Waals surface area contributed by atoms with Gasteiger partial charge in [0, 0.05) is 49.5 Å². The lowest BCUT2D eigenvalue weighted by Gasteiger charge is -2.27. The zero-order chi connectivity index (χ0) is 69.5. The summed E-state index contributed by atoms with van der Waals surface area (Å²) >= 11 is 0. The number of nitrogens with one attached hydrogen (secondary N) is 8. The first kappa shape index (κ1) is 75.7. The predicted octanol–water partition coefficient (Wildman–Crippen LogP) is 0.249. The molecule has 0 unspecified atom stereocenters. The number of nitro groups is 2. The van der Waals surface area contributed by atoms with Gasteiger partial charge in [0.1, 0.15) is 59.3 Å². The molecule has 92 heavy (non-hydrogen) atoms. The number of aliphatic carboxylic acids is 3. The Kier molecular flexibility index (Phi) is 28.8. The van der Waals surface area contributed by atoms with E-state index in [-0.39, 0.29) is 55.3 Å². The van der Waals surface area contributed by atoms with Gasteiger partial charge in [0.2, 0.25) is 53.2 Å². The van der Waals surface area contributed by atoms with E-state index in [1.165, 1.54) is 24.1 Å². The molecule has 0 aliphatic carbocycles. The summed E-state index contributed by atoms with van der Waals surface area (Å²) in [6.07, 6.45) is -7.26. The van der Waals surface area contributed by atoms with Crippen LogP contribution in [-0.2, 0) is 64.0 Å². The fourth-order valence-corrected chi connectivity index (χ4v) is 8.96. The molecular weight excluding hydrogens is 1240 g/mol. The second-order valence-electron chi connectivity index (χ2n) is 21.6.